The summed E-state index contributed by atoms with van der Waals surface area (Å²) in [7, 11) is 2.14. The van der Waals surface area contributed by atoms with Crippen LogP contribution in [0.4, 0.5) is 11.6 Å². The molecule has 108 valence electrons. The summed E-state index contributed by atoms with van der Waals surface area (Å²) >= 11 is 0. The van der Waals surface area contributed by atoms with Crippen molar-refractivity contribution >= 4 is 11.6 Å². The van der Waals surface area contributed by atoms with Crippen molar-refractivity contribution in [3.8, 4) is 0 Å². The number of nitrogens with zero attached hydrogens (tertiary/aromatic N) is 3. The molecule has 1 unspecified atom stereocenters. The average Bonchev–Trinajstić information content (AvgIpc) is 2.40. The van der Waals surface area contributed by atoms with Crippen molar-refractivity contribution in [2.45, 2.75) is 59.4 Å². The Morgan fingerprint density at radius 3 is 2.53 bits per heavy atom. The Balaban J connectivity index is 3.06. The first kappa shape index (κ1) is 15.7. The van der Waals surface area contributed by atoms with E-state index in [9.17, 15) is 0 Å². The minimum Gasteiger partial charge on any atom is -0.370 e. The zero-order valence-corrected chi connectivity index (χ0v) is 13.0. The van der Waals surface area contributed by atoms with E-state index in [0.717, 1.165) is 31.0 Å². The van der Waals surface area contributed by atoms with Crippen LogP contribution in [0.5, 0.6) is 0 Å². The highest BCUT2D eigenvalue weighted by Gasteiger charge is 2.17. The van der Waals surface area contributed by atoms with Gasteiger partial charge in [-0.05, 0) is 26.7 Å². The third kappa shape index (κ3) is 4.08. The van der Waals surface area contributed by atoms with E-state index in [1.165, 1.54) is 18.4 Å². The molecule has 0 amide bonds. The van der Waals surface area contributed by atoms with Crippen molar-refractivity contribution in [3.05, 3.63) is 11.9 Å². The quantitative estimate of drug-likeness (QED) is 0.780. The summed E-state index contributed by atoms with van der Waals surface area (Å²) in [6, 6.07) is 0.505. The fourth-order valence-electron chi connectivity index (χ4n) is 2.33. The first-order chi connectivity index (χ1) is 9.15. The monoisotopic (exact) mass is 264 g/mol. The van der Waals surface area contributed by atoms with Crippen LogP contribution in [-0.2, 0) is 6.42 Å². The Morgan fingerprint density at radius 1 is 1.21 bits per heavy atom. The molecule has 0 bridgehead atoms. The second-order valence-corrected chi connectivity index (χ2v) is 5.05. The molecule has 0 radical (unpaired) electrons. The van der Waals surface area contributed by atoms with Crippen LogP contribution in [0, 0.1) is 0 Å². The number of rotatable bonds is 8. The average molecular weight is 264 g/mol. The van der Waals surface area contributed by atoms with Crippen LogP contribution in [0.25, 0.3) is 0 Å². The van der Waals surface area contributed by atoms with Crippen molar-refractivity contribution in [2.24, 2.45) is 0 Å². The van der Waals surface area contributed by atoms with Crippen LogP contribution in [0.1, 0.15) is 52.5 Å². The number of aromatic nitrogens is 2. The number of nitrogens with one attached hydrogen (secondary N) is 1. The topological polar surface area (TPSA) is 41.1 Å². The third-order valence-corrected chi connectivity index (χ3v) is 3.47. The lowest BCUT2D eigenvalue weighted by Gasteiger charge is -2.28. The van der Waals surface area contributed by atoms with Gasteiger partial charge in [-0.15, -0.1) is 0 Å². The molecule has 0 spiro atoms. The number of hydrogen-bond donors (Lipinski definition) is 1. The molecule has 1 atom stereocenters. The Bertz CT molecular complexity index is 378. The molecule has 0 aromatic carbocycles. The SMILES string of the molecule is CCCc1c(NCC)ncnc1N(C)C(C)CCC. The second kappa shape index (κ2) is 7.97. The molecule has 0 aliphatic rings. The predicted octanol–water partition coefficient (Wildman–Crippen LogP) is 3.49. The van der Waals surface area contributed by atoms with Crippen molar-refractivity contribution in [1.82, 2.24) is 9.97 Å². The van der Waals surface area contributed by atoms with Gasteiger partial charge in [0.1, 0.15) is 18.0 Å². The zero-order valence-electron chi connectivity index (χ0n) is 13.0. The summed E-state index contributed by atoms with van der Waals surface area (Å²) in [5.41, 5.74) is 1.25. The number of hydrogen-bond acceptors (Lipinski definition) is 4. The van der Waals surface area contributed by atoms with Gasteiger partial charge < -0.3 is 10.2 Å². The molecule has 4 heteroatoms. The third-order valence-electron chi connectivity index (χ3n) is 3.47. The van der Waals surface area contributed by atoms with Crippen LogP contribution in [0.3, 0.4) is 0 Å². The highest BCUT2D eigenvalue weighted by Crippen LogP contribution is 2.26. The van der Waals surface area contributed by atoms with Gasteiger partial charge in [0.2, 0.25) is 0 Å². The molecule has 1 aromatic heterocycles. The number of anilines is 2. The molecular formula is C15H28N4. The van der Waals surface area contributed by atoms with Gasteiger partial charge in [-0.3, -0.25) is 0 Å². The fraction of sp³-hybridized carbons (Fsp3) is 0.733. The molecule has 19 heavy (non-hydrogen) atoms. The van der Waals surface area contributed by atoms with Crippen LogP contribution in [0.15, 0.2) is 6.33 Å². The standard InChI is InChI=1S/C15H28N4/c1-6-9-12(4)19(5)15-13(10-7-2)14(16-8-3)17-11-18-15/h11-12H,6-10H2,1-5H3,(H,16,17,18). The van der Waals surface area contributed by atoms with E-state index in [2.05, 4.69) is 54.9 Å². The highest BCUT2D eigenvalue weighted by molar-refractivity contribution is 5.58. The minimum absolute atomic E-state index is 0.505. The molecule has 0 aliphatic carbocycles. The van der Waals surface area contributed by atoms with E-state index in [1.807, 2.05) is 0 Å². The summed E-state index contributed by atoms with van der Waals surface area (Å²) in [5, 5.41) is 3.35. The van der Waals surface area contributed by atoms with E-state index < -0.39 is 0 Å². The molecule has 4 nitrogen and oxygen atoms in total. The van der Waals surface area contributed by atoms with Crippen molar-refractivity contribution in [3.63, 3.8) is 0 Å². The summed E-state index contributed by atoms with van der Waals surface area (Å²) < 4.78 is 0. The molecular weight excluding hydrogens is 236 g/mol. The van der Waals surface area contributed by atoms with Gasteiger partial charge in [-0.1, -0.05) is 26.7 Å². The minimum atomic E-state index is 0.505. The fourth-order valence-corrected chi connectivity index (χ4v) is 2.33. The van der Waals surface area contributed by atoms with Crippen molar-refractivity contribution in [2.75, 3.05) is 23.8 Å². The lowest BCUT2D eigenvalue weighted by molar-refractivity contribution is 0.608. The zero-order chi connectivity index (χ0) is 14.3. The summed E-state index contributed by atoms with van der Waals surface area (Å²) in [5.74, 6) is 2.07. The summed E-state index contributed by atoms with van der Waals surface area (Å²) in [6.45, 7) is 9.67. The smallest absolute Gasteiger partial charge is 0.137 e. The van der Waals surface area contributed by atoms with E-state index in [1.54, 1.807) is 6.33 Å². The normalized spacial score (nSPS) is 12.3. The van der Waals surface area contributed by atoms with Crippen LogP contribution in [-0.4, -0.2) is 29.6 Å². The molecule has 0 aliphatic heterocycles. The van der Waals surface area contributed by atoms with Gasteiger partial charge >= 0.3 is 0 Å². The van der Waals surface area contributed by atoms with Gasteiger partial charge in [0, 0.05) is 25.2 Å². The maximum absolute atomic E-state index is 4.52. The lowest BCUT2D eigenvalue weighted by atomic mass is 10.1. The van der Waals surface area contributed by atoms with Gasteiger partial charge in [0.05, 0.1) is 0 Å². The van der Waals surface area contributed by atoms with Crippen molar-refractivity contribution in [1.29, 1.82) is 0 Å². The van der Waals surface area contributed by atoms with Gasteiger partial charge in [0.25, 0.3) is 0 Å². The first-order valence-corrected chi connectivity index (χ1v) is 7.46. The Hall–Kier alpha value is -1.32. The van der Waals surface area contributed by atoms with Crippen molar-refractivity contribution < 1.29 is 0 Å². The highest BCUT2D eigenvalue weighted by atomic mass is 15.2. The van der Waals surface area contributed by atoms with Gasteiger partial charge in [0.15, 0.2) is 0 Å². The second-order valence-electron chi connectivity index (χ2n) is 5.05. The Labute approximate surface area is 117 Å². The first-order valence-electron chi connectivity index (χ1n) is 7.46. The van der Waals surface area contributed by atoms with E-state index in [-0.39, 0.29) is 0 Å². The molecule has 1 N–H and O–H groups in total. The van der Waals surface area contributed by atoms with Crippen LogP contribution >= 0.6 is 0 Å². The van der Waals surface area contributed by atoms with Crippen LogP contribution < -0.4 is 10.2 Å². The molecule has 0 fully saturated rings. The molecule has 1 rings (SSSR count). The Kier molecular flexibility index (Phi) is 6.60. The van der Waals surface area contributed by atoms with Gasteiger partial charge in [-0.25, -0.2) is 9.97 Å². The Morgan fingerprint density at radius 2 is 1.95 bits per heavy atom. The molecule has 1 aromatic rings. The summed E-state index contributed by atoms with van der Waals surface area (Å²) in [4.78, 5) is 11.2. The summed E-state index contributed by atoms with van der Waals surface area (Å²) in [6.07, 6.45) is 6.17. The van der Waals surface area contributed by atoms with E-state index in [0.29, 0.717) is 6.04 Å². The largest absolute Gasteiger partial charge is 0.370 e. The maximum atomic E-state index is 4.52. The van der Waals surface area contributed by atoms with Gasteiger partial charge in [-0.2, -0.15) is 0 Å². The molecule has 0 saturated carbocycles. The molecule has 1 heterocycles. The van der Waals surface area contributed by atoms with E-state index in [4.69, 9.17) is 0 Å². The van der Waals surface area contributed by atoms with E-state index >= 15 is 0 Å². The molecule has 0 saturated heterocycles. The maximum Gasteiger partial charge on any atom is 0.137 e. The lowest BCUT2D eigenvalue weighted by Crippen LogP contribution is -2.30. The predicted molar refractivity (Wildman–Crippen MR) is 83.0 cm³/mol. The van der Waals surface area contributed by atoms with Crippen LogP contribution in [0.2, 0.25) is 0 Å².